The average Bonchev–Trinajstić information content (AvgIpc) is 3.31. The van der Waals surface area contributed by atoms with Gasteiger partial charge in [-0.05, 0) is 32.2 Å². The summed E-state index contributed by atoms with van der Waals surface area (Å²) >= 11 is 0. The Morgan fingerprint density at radius 2 is 1.94 bits per heavy atom. The molecule has 3 heterocycles. The fraction of sp³-hybridized carbons (Fsp3) is 0.417. The van der Waals surface area contributed by atoms with E-state index in [1.807, 2.05) is 10.9 Å². The van der Waals surface area contributed by atoms with Crippen molar-refractivity contribution >= 4 is 23.1 Å². The molecule has 2 aromatic heterocycles. The van der Waals surface area contributed by atoms with Crippen molar-refractivity contribution in [1.29, 1.82) is 0 Å². The van der Waals surface area contributed by atoms with Crippen molar-refractivity contribution in [2.45, 2.75) is 45.6 Å². The highest BCUT2D eigenvalue weighted by molar-refractivity contribution is 5.96. The van der Waals surface area contributed by atoms with Crippen molar-refractivity contribution in [1.82, 2.24) is 24.6 Å². The number of benzene rings is 1. The van der Waals surface area contributed by atoms with Crippen LogP contribution in [0.4, 0.5) is 26.0 Å². The van der Waals surface area contributed by atoms with Gasteiger partial charge >= 0.3 is 0 Å². The zero-order valence-corrected chi connectivity index (χ0v) is 20.3. The van der Waals surface area contributed by atoms with Crippen LogP contribution in [0.2, 0.25) is 0 Å². The van der Waals surface area contributed by atoms with E-state index in [1.165, 1.54) is 0 Å². The molecule has 1 fully saturated rings. The molecule has 192 valence electrons. The minimum atomic E-state index is -0.953. The summed E-state index contributed by atoms with van der Waals surface area (Å²) in [5, 5.41) is 7.50. The molecule has 1 saturated heterocycles. The highest BCUT2D eigenvalue weighted by Crippen LogP contribution is 2.31. The first kappa shape index (κ1) is 25.3. The number of ether oxygens (including phenoxy) is 1. The summed E-state index contributed by atoms with van der Waals surface area (Å²) in [6, 6.07) is 1.92. The lowest BCUT2D eigenvalue weighted by Gasteiger charge is -2.31. The van der Waals surface area contributed by atoms with Gasteiger partial charge < -0.3 is 26.4 Å². The van der Waals surface area contributed by atoms with Crippen molar-refractivity contribution in [3.63, 3.8) is 0 Å². The van der Waals surface area contributed by atoms with Crippen LogP contribution in [0.3, 0.4) is 0 Å². The molecule has 0 radical (unpaired) electrons. The number of aryl methyl sites for hydroxylation is 1. The van der Waals surface area contributed by atoms with Gasteiger partial charge in [-0.1, -0.05) is 13.8 Å². The van der Waals surface area contributed by atoms with Gasteiger partial charge in [0.2, 0.25) is 5.88 Å². The van der Waals surface area contributed by atoms with Crippen LogP contribution in [0.15, 0.2) is 24.5 Å². The lowest BCUT2D eigenvalue weighted by atomic mass is 10.1. The van der Waals surface area contributed by atoms with E-state index < -0.39 is 17.5 Å². The highest BCUT2D eigenvalue weighted by Gasteiger charge is 2.23. The number of likely N-dealkylation sites (tertiary alicyclic amines) is 1. The Kier molecular flexibility index (Phi) is 7.63. The Morgan fingerprint density at radius 1 is 1.19 bits per heavy atom. The molecule has 0 spiro atoms. The first-order valence-corrected chi connectivity index (χ1v) is 12.0. The predicted octanol–water partition coefficient (Wildman–Crippen LogP) is 3.78. The highest BCUT2D eigenvalue weighted by atomic mass is 19.1. The van der Waals surface area contributed by atoms with Crippen LogP contribution in [0.25, 0.3) is 0 Å². The van der Waals surface area contributed by atoms with Crippen LogP contribution in [0.1, 0.15) is 55.3 Å². The maximum atomic E-state index is 14.3. The third kappa shape index (κ3) is 5.54. The smallest absolute Gasteiger partial charge is 0.271 e. The number of nitrogens with one attached hydrogen (secondary N) is 1. The molecule has 1 amide bonds. The van der Waals surface area contributed by atoms with Crippen molar-refractivity contribution in [3.05, 3.63) is 47.5 Å². The molecule has 12 heteroatoms. The number of nitrogens with two attached hydrogens (primary N) is 2. The van der Waals surface area contributed by atoms with Crippen LogP contribution in [-0.2, 0) is 6.42 Å². The minimum absolute atomic E-state index is 0.0301. The number of rotatable bonds is 9. The van der Waals surface area contributed by atoms with Gasteiger partial charge in [-0.2, -0.15) is 10.1 Å². The maximum absolute atomic E-state index is 14.3. The van der Waals surface area contributed by atoms with Gasteiger partial charge in [-0.3, -0.25) is 9.48 Å². The summed E-state index contributed by atoms with van der Waals surface area (Å²) in [5.74, 6) is -3.00. The summed E-state index contributed by atoms with van der Waals surface area (Å²) < 4.78 is 35.3. The fourth-order valence-electron chi connectivity index (χ4n) is 4.22. The molecule has 1 aliphatic heterocycles. The summed E-state index contributed by atoms with van der Waals surface area (Å²) in [7, 11) is 0. The number of hydrogen-bond donors (Lipinski definition) is 3. The van der Waals surface area contributed by atoms with Crippen LogP contribution >= 0.6 is 0 Å². The normalized spacial score (nSPS) is 14.7. The Balaban J connectivity index is 1.59. The number of aromatic nitrogens is 4. The SMILES string of the molecule is CCCN1CCC(n2cc(Nc3nc(Oc4cc(N)c(F)cc4F)c(CC)nc3C(N)=O)cn2)CC1. The van der Waals surface area contributed by atoms with Crippen molar-refractivity contribution in [2.24, 2.45) is 5.73 Å². The summed E-state index contributed by atoms with van der Waals surface area (Å²) in [5.41, 5.74) is 11.6. The molecular formula is C24H30F2N8O2. The third-order valence-corrected chi connectivity index (χ3v) is 6.09. The van der Waals surface area contributed by atoms with Gasteiger partial charge in [0.25, 0.3) is 5.91 Å². The molecule has 0 aliphatic carbocycles. The molecule has 36 heavy (non-hydrogen) atoms. The fourth-order valence-corrected chi connectivity index (χ4v) is 4.22. The number of amides is 1. The number of primary amides is 1. The van der Waals surface area contributed by atoms with E-state index in [4.69, 9.17) is 16.2 Å². The number of carbonyl (C=O) groups is 1. The van der Waals surface area contributed by atoms with Crippen LogP contribution < -0.4 is 21.5 Å². The molecule has 5 N–H and O–H groups in total. The Morgan fingerprint density at radius 3 is 2.61 bits per heavy atom. The molecule has 0 unspecified atom stereocenters. The lowest BCUT2D eigenvalue weighted by Crippen LogP contribution is -2.35. The minimum Gasteiger partial charge on any atom is -0.434 e. The van der Waals surface area contributed by atoms with Crippen molar-refractivity contribution in [3.8, 4) is 11.6 Å². The van der Waals surface area contributed by atoms with E-state index in [9.17, 15) is 13.6 Å². The van der Waals surface area contributed by atoms with E-state index in [0.717, 1.165) is 45.0 Å². The van der Waals surface area contributed by atoms with E-state index in [2.05, 4.69) is 32.2 Å². The van der Waals surface area contributed by atoms with E-state index >= 15 is 0 Å². The molecule has 1 aliphatic rings. The van der Waals surface area contributed by atoms with Gasteiger partial charge in [0.05, 0.1) is 23.6 Å². The second kappa shape index (κ2) is 10.9. The van der Waals surface area contributed by atoms with E-state index in [1.54, 1.807) is 13.1 Å². The van der Waals surface area contributed by atoms with Crippen LogP contribution in [0.5, 0.6) is 11.6 Å². The van der Waals surface area contributed by atoms with Crippen molar-refractivity contribution < 1.29 is 18.3 Å². The van der Waals surface area contributed by atoms with Gasteiger partial charge in [-0.25, -0.2) is 13.8 Å². The number of nitrogen functional groups attached to an aromatic ring is 1. The third-order valence-electron chi connectivity index (χ3n) is 6.09. The van der Waals surface area contributed by atoms with Gasteiger partial charge in [0.15, 0.2) is 23.1 Å². The maximum Gasteiger partial charge on any atom is 0.271 e. The molecule has 0 saturated carbocycles. The number of anilines is 3. The Hall–Kier alpha value is -3.80. The lowest BCUT2D eigenvalue weighted by molar-refractivity contribution is 0.0996. The number of halogens is 2. The topological polar surface area (TPSA) is 137 Å². The molecule has 1 aromatic carbocycles. The molecule has 0 atom stereocenters. The number of piperidine rings is 1. The molecule has 10 nitrogen and oxygen atoms in total. The summed E-state index contributed by atoms with van der Waals surface area (Å²) in [6.45, 7) is 7.07. The average molecular weight is 501 g/mol. The van der Waals surface area contributed by atoms with Crippen LogP contribution in [0, 0.1) is 11.6 Å². The van der Waals surface area contributed by atoms with E-state index in [0.29, 0.717) is 18.2 Å². The first-order chi connectivity index (χ1) is 17.3. The Bertz CT molecular complexity index is 1240. The van der Waals surface area contributed by atoms with Crippen molar-refractivity contribution in [2.75, 3.05) is 30.7 Å². The molecule has 4 rings (SSSR count). The summed E-state index contributed by atoms with van der Waals surface area (Å²) in [6.07, 6.45) is 6.88. The second-order valence-corrected chi connectivity index (χ2v) is 8.70. The number of carbonyl (C=O) groups excluding carboxylic acids is 1. The zero-order chi connectivity index (χ0) is 25.8. The van der Waals surface area contributed by atoms with E-state index in [-0.39, 0.29) is 40.6 Å². The van der Waals surface area contributed by atoms with Gasteiger partial charge in [0, 0.05) is 31.4 Å². The van der Waals surface area contributed by atoms with Gasteiger partial charge in [-0.15, -0.1) is 0 Å². The number of hydrogen-bond acceptors (Lipinski definition) is 8. The summed E-state index contributed by atoms with van der Waals surface area (Å²) in [4.78, 5) is 23.2. The first-order valence-electron chi connectivity index (χ1n) is 12.0. The zero-order valence-electron chi connectivity index (χ0n) is 20.3. The van der Waals surface area contributed by atoms with Gasteiger partial charge in [0.1, 0.15) is 11.5 Å². The molecule has 3 aromatic rings. The monoisotopic (exact) mass is 500 g/mol. The number of nitrogens with zero attached hydrogens (tertiary/aromatic N) is 5. The largest absolute Gasteiger partial charge is 0.434 e. The molecular weight excluding hydrogens is 470 g/mol. The Labute approximate surface area is 207 Å². The second-order valence-electron chi connectivity index (χ2n) is 8.70. The standard InChI is InChI=1S/C24H30F2N8O2/c1-3-7-33-8-5-15(6-9-33)34-13-14(12-29-34)30-23-21(22(28)35)31-19(4-2)24(32-23)36-20-11-18(27)16(25)10-17(20)26/h10-13,15H,3-9,27H2,1-2H3,(H2,28,35)(H,30,32). The predicted molar refractivity (Wildman–Crippen MR) is 131 cm³/mol. The quantitative estimate of drug-likeness (QED) is 0.378. The molecule has 0 bridgehead atoms. The van der Waals surface area contributed by atoms with Crippen LogP contribution in [-0.4, -0.2) is 50.2 Å².